The quantitative estimate of drug-likeness (QED) is 0.482. The van der Waals surface area contributed by atoms with E-state index in [9.17, 15) is 14.4 Å². The first-order valence-corrected chi connectivity index (χ1v) is 9.47. The molecule has 30 heavy (non-hydrogen) atoms. The Morgan fingerprint density at radius 1 is 0.967 bits per heavy atom. The molecule has 1 aromatic heterocycles. The van der Waals surface area contributed by atoms with Crippen molar-refractivity contribution >= 4 is 29.4 Å². The smallest absolute Gasteiger partial charge is 0.341 e. The van der Waals surface area contributed by atoms with Crippen molar-refractivity contribution in [1.29, 1.82) is 0 Å². The summed E-state index contributed by atoms with van der Waals surface area (Å²) in [4.78, 5) is 36.3. The Morgan fingerprint density at radius 2 is 1.50 bits per heavy atom. The fraction of sp³-hybridized carbons (Fsp3) is 0.143. The number of ether oxygens (including phenoxy) is 1. The summed E-state index contributed by atoms with van der Waals surface area (Å²) in [5.74, 6) is -1.38. The molecule has 0 bridgehead atoms. The van der Waals surface area contributed by atoms with Crippen LogP contribution in [-0.4, -0.2) is 34.2 Å². The molecule has 0 atom stereocenters. The maximum atomic E-state index is 12.3. The molecule has 0 aliphatic heterocycles. The summed E-state index contributed by atoms with van der Waals surface area (Å²) in [6.45, 7) is 3.77. The summed E-state index contributed by atoms with van der Waals surface area (Å²) in [7, 11) is 0. The Morgan fingerprint density at radius 3 is 2.03 bits per heavy atom. The zero-order valence-corrected chi connectivity index (χ0v) is 17.1. The van der Waals surface area contributed by atoms with Gasteiger partial charge in [0, 0.05) is 16.1 Å². The number of carbonyl (C=O) groups is 3. The van der Waals surface area contributed by atoms with E-state index in [0.717, 1.165) is 0 Å². The Kier molecular flexibility index (Phi) is 6.48. The molecule has 9 heteroatoms. The van der Waals surface area contributed by atoms with Gasteiger partial charge in [-0.05, 0) is 62.4 Å². The van der Waals surface area contributed by atoms with Gasteiger partial charge in [0.15, 0.2) is 0 Å². The average Bonchev–Trinajstić information content (AvgIpc) is 3.14. The molecular weight excluding hydrogens is 408 g/mol. The number of benzene rings is 2. The third-order valence-electron chi connectivity index (χ3n) is 4.28. The molecule has 0 aliphatic rings. The van der Waals surface area contributed by atoms with Crippen LogP contribution in [0.25, 0.3) is 5.69 Å². The van der Waals surface area contributed by atoms with Crippen molar-refractivity contribution in [2.24, 2.45) is 0 Å². The Labute approximate surface area is 177 Å². The van der Waals surface area contributed by atoms with Crippen LogP contribution in [-0.2, 0) is 4.74 Å². The third-order valence-corrected chi connectivity index (χ3v) is 4.53. The topological polar surface area (TPSA) is 102 Å². The van der Waals surface area contributed by atoms with Crippen LogP contribution in [0.5, 0.6) is 0 Å². The number of nitrogens with one attached hydrogen (secondary N) is 2. The molecule has 0 unspecified atom stereocenters. The van der Waals surface area contributed by atoms with Crippen molar-refractivity contribution in [2.45, 2.75) is 13.8 Å². The number of rotatable bonds is 5. The summed E-state index contributed by atoms with van der Waals surface area (Å²) >= 11 is 5.79. The molecule has 8 nitrogen and oxygen atoms in total. The van der Waals surface area contributed by atoms with E-state index >= 15 is 0 Å². The number of esters is 1. The summed E-state index contributed by atoms with van der Waals surface area (Å²) in [6, 6.07) is 12.8. The minimum Gasteiger partial charge on any atom is -0.462 e. The summed E-state index contributed by atoms with van der Waals surface area (Å²) in [5.41, 5.74) is 7.09. The van der Waals surface area contributed by atoms with Gasteiger partial charge in [0.1, 0.15) is 5.56 Å². The normalized spacial score (nSPS) is 10.4. The van der Waals surface area contributed by atoms with E-state index in [0.29, 0.717) is 33.1 Å². The number of halogens is 1. The van der Waals surface area contributed by atoms with Crippen molar-refractivity contribution in [3.63, 3.8) is 0 Å². The van der Waals surface area contributed by atoms with E-state index < -0.39 is 17.8 Å². The van der Waals surface area contributed by atoms with Crippen LogP contribution in [0, 0.1) is 6.92 Å². The number of amides is 2. The number of hydrazine groups is 1. The molecule has 0 aliphatic carbocycles. The minimum absolute atomic E-state index is 0.280. The second-order valence-electron chi connectivity index (χ2n) is 6.24. The lowest BCUT2D eigenvalue weighted by atomic mass is 10.2. The largest absolute Gasteiger partial charge is 0.462 e. The fourth-order valence-corrected chi connectivity index (χ4v) is 2.82. The van der Waals surface area contributed by atoms with Crippen molar-refractivity contribution in [2.75, 3.05) is 6.61 Å². The lowest BCUT2D eigenvalue weighted by Crippen LogP contribution is -2.41. The predicted molar refractivity (Wildman–Crippen MR) is 111 cm³/mol. The third kappa shape index (κ3) is 4.66. The Hall–Kier alpha value is -3.65. The van der Waals surface area contributed by atoms with Gasteiger partial charge in [0.2, 0.25) is 0 Å². The lowest BCUT2D eigenvalue weighted by Gasteiger charge is -2.09. The highest BCUT2D eigenvalue weighted by Gasteiger charge is 2.16. The Bertz CT molecular complexity index is 1080. The summed E-state index contributed by atoms with van der Waals surface area (Å²) in [6.07, 6.45) is 1.44. The zero-order chi connectivity index (χ0) is 21.7. The standard InChI is InChI=1S/C21H19ClN4O4/c1-3-30-21(29)18-12-23-26(13(18)2)17-10-6-15(7-11-17)20(28)25-24-19(27)14-4-8-16(22)9-5-14/h4-12H,3H2,1-2H3,(H,24,27)(H,25,28). The van der Waals surface area contributed by atoms with Crippen LogP contribution in [0.2, 0.25) is 5.02 Å². The highest BCUT2D eigenvalue weighted by atomic mass is 35.5. The monoisotopic (exact) mass is 426 g/mol. The van der Waals surface area contributed by atoms with E-state index in [4.69, 9.17) is 16.3 Å². The maximum Gasteiger partial charge on any atom is 0.341 e. The maximum absolute atomic E-state index is 12.3. The molecule has 0 spiro atoms. The average molecular weight is 427 g/mol. The highest BCUT2D eigenvalue weighted by Crippen LogP contribution is 2.16. The molecule has 0 fully saturated rings. The van der Waals surface area contributed by atoms with Gasteiger partial charge < -0.3 is 4.74 Å². The van der Waals surface area contributed by atoms with Gasteiger partial charge in [-0.15, -0.1) is 0 Å². The van der Waals surface area contributed by atoms with Crippen molar-refractivity contribution in [1.82, 2.24) is 20.6 Å². The highest BCUT2D eigenvalue weighted by molar-refractivity contribution is 6.30. The van der Waals surface area contributed by atoms with Crippen LogP contribution in [0.4, 0.5) is 0 Å². The first-order valence-electron chi connectivity index (χ1n) is 9.09. The van der Waals surface area contributed by atoms with Gasteiger partial charge in [0.25, 0.3) is 11.8 Å². The molecular formula is C21H19ClN4O4. The van der Waals surface area contributed by atoms with E-state index in [2.05, 4.69) is 16.0 Å². The number of nitrogens with zero attached hydrogens (tertiary/aromatic N) is 2. The van der Waals surface area contributed by atoms with Crippen molar-refractivity contribution < 1.29 is 19.1 Å². The molecule has 2 amide bonds. The summed E-state index contributed by atoms with van der Waals surface area (Å²) < 4.78 is 6.59. The van der Waals surface area contributed by atoms with Gasteiger partial charge in [-0.25, -0.2) is 9.48 Å². The number of hydrogen-bond acceptors (Lipinski definition) is 5. The predicted octanol–water partition coefficient (Wildman–Crippen LogP) is 3.09. The zero-order valence-electron chi connectivity index (χ0n) is 16.3. The first kappa shape index (κ1) is 21.1. The molecule has 1 heterocycles. The molecule has 2 N–H and O–H groups in total. The number of hydrogen-bond donors (Lipinski definition) is 2. The fourth-order valence-electron chi connectivity index (χ4n) is 2.69. The van der Waals surface area contributed by atoms with Crippen LogP contribution in [0.1, 0.15) is 43.7 Å². The van der Waals surface area contributed by atoms with E-state index in [1.807, 2.05) is 0 Å². The van der Waals surface area contributed by atoms with Gasteiger partial charge in [-0.3, -0.25) is 20.4 Å². The minimum atomic E-state index is -0.478. The second-order valence-corrected chi connectivity index (χ2v) is 6.67. The second kappa shape index (κ2) is 9.23. The summed E-state index contributed by atoms with van der Waals surface area (Å²) in [5, 5.41) is 4.72. The lowest BCUT2D eigenvalue weighted by molar-refractivity contribution is 0.0525. The van der Waals surface area contributed by atoms with Crippen molar-refractivity contribution in [3.8, 4) is 5.69 Å². The number of carbonyl (C=O) groups excluding carboxylic acids is 3. The van der Waals surface area contributed by atoms with Crippen LogP contribution < -0.4 is 10.9 Å². The number of aromatic nitrogens is 2. The van der Waals surface area contributed by atoms with Crippen LogP contribution in [0.3, 0.4) is 0 Å². The first-order chi connectivity index (χ1) is 14.4. The SMILES string of the molecule is CCOC(=O)c1cnn(-c2ccc(C(=O)NNC(=O)c3ccc(Cl)cc3)cc2)c1C. The van der Waals surface area contributed by atoms with E-state index in [-0.39, 0.29) is 6.61 Å². The van der Waals surface area contributed by atoms with Crippen molar-refractivity contribution in [3.05, 3.63) is 82.1 Å². The van der Waals surface area contributed by atoms with Crippen LogP contribution in [0.15, 0.2) is 54.7 Å². The van der Waals surface area contributed by atoms with Gasteiger partial charge >= 0.3 is 5.97 Å². The van der Waals surface area contributed by atoms with Gasteiger partial charge in [-0.2, -0.15) is 5.10 Å². The Balaban J connectivity index is 1.65. The molecule has 3 rings (SSSR count). The van der Waals surface area contributed by atoms with Crippen LogP contribution >= 0.6 is 11.6 Å². The van der Waals surface area contributed by atoms with E-state index in [1.165, 1.54) is 6.20 Å². The molecule has 0 saturated heterocycles. The molecule has 154 valence electrons. The molecule has 2 aromatic carbocycles. The van der Waals surface area contributed by atoms with Gasteiger partial charge in [0.05, 0.1) is 24.2 Å². The molecule has 0 radical (unpaired) electrons. The van der Waals surface area contributed by atoms with E-state index in [1.54, 1.807) is 67.1 Å². The van der Waals surface area contributed by atoms with Gasteiger partial charge in [-0.1, -0.05) is 11.6 Å². The molecule has 0 saturated carbocycles. The molecule has 3 aromatic rings.